The minimum atomic E-state index is -0.955. The fourth-order valence-electron chi connectivity index (χ4n) is 2.22. The lowest BCUT2D eigenvalue weighted by Crippen LogP contribution is -2.53. The Kier molecular flexibility index (Phi) is 4.03. The number of carbonyl (C=O) groups is 2. The van der Waals surface area contributed by atoms with E-state index in [0.717, 1.165) is 6.42 Å². The van der Waals surface area contributed by atoms with Crippen molar-refractivity contribution in [1.29, 1.82) is 0 Å². The number of carbonyl (C=O) groups excluding carboxylic acids is 1. The van der Waals surface area contributed by atoms with E-state index in [9.17, 15) is 14.7 Å². The summed E-state index contributed by atoms with van der Waals surface area (Å²) in [6.07, 6.45) is 2.73. The molecule has 1 aliphatic rings. The lowest BCUT2D eigenvalue weighted by atomic mass is 9.93. The van der Waals surface area contributed by atoms with Gasteiger partial charge in [0.15, 0.2) is 0 Å². The topological polar surface area (TPSA) is 95.7 Å². The second-order valence-corrected chi connectivity index (χ2v) is 4.83. The predicted octanol–water partition coefficient (Wildman–Crippen LogP) is 1.07. The normalized spacial score (nSPS) is 23.1. The molecule has 7 nitrogen and oxygen atoms in total. The zero-order valence-corrected chi connectivity index (χ0v) is 10.7. The third kappa shape index (κ3) is 3.24. The van der Waals surface area contributed by atoms with Gasteiger partial charge in [-0.2, -0.15) is 0 Å². The van der Waals surface area contributed by atoms with E-state index in [1.54, 1.807) is 6.07 Å². The van der Waals surface area contributed by atoms with Crippen LogP contribution in [0.3, 0.4) is 0 Å². The number of rotatable bonds is 3. The van der Waals surface area contributed by atoms with Crippen molar-refractivity contribution >= 4 is 12.0 Å². The van der Waals surface area contributed by atoms with Gasteiger partial charge >= 0.3 is 12.0 Å². The van der Waals surface area contributed by atoms with Crippen LogP contribution in [-0.4, -0.2) is 39.8 Å². The van der Waals surface area contributed by atoms with Crippen LogP contribution in [0.5, 0.6) is 0 Å². The summed E-state index contributed by atoms with van der Waals surface area (Å²) in [4.78, 5) is 24.6. The molecule has 1 aliphatic heterocycles. The SMILES string of the molecule is CC1CCN(C(=O)NCc2ccon2)C(C(=O)O)C1. The van der Waals surface area contributed by atoms with Crippen LogP contribution in [0.25, 0.3) is 0 Å². The average Bonchev–Trinajstić information content (AvgIpc) is 2.88. The van der Waals surface area contributed by atoms with Crippen molar-refractivity contribution in [3.63, 3.8) is 0 Å². The molecule has 0 aromatic carbocycles. The first kappa shape index (κ1) is 13.4. The van der Waals surface area contributed by atoms with Crippen LogP contribution in [0.2, 0.25) is 0 Å². The number of hydrogen-bond acceptors (Lipinski definition) is 4. The molecule has 0 radical (unpaired) electrons. The summed E-state index contributed by atoms with van der Waals surface area (Å²) in [5, 5.41) is 15.5. The lowest BCUT2D eigenvalue weighted by Gasteiger charge is -2.35. The summed E-state index contributed by atoms with van der Waals surface area (Å²) >= 11 is 0. The van der Waals surface area contributed by atoms with Crippen LogP contribution >= 0.6 is 0 Å². The fourth-order valence-corrected chi connectivity index (χ4v) is 2.22. The predicted molar refractivity (Wildman–Crippen MR) is 65.3 cm³/mol. The molecule has 2 N–H and O–H groups in total. The maximum Gasteiger partial charge on any atom is 0.326 e. The number of carboxylic acid groups (broad SMARTS) is 1. The van der Waals surface area contributed by atoms with Gasteiger partial charge in [-0.3, -0.25) is 0 Å². The minimum Gasteiger partial charge on any atom is -0.480 e. The number of aliphatic carboxylic acids is 1. The van der Waals surface area contributed by atoms with E-state index in [1.165, 1.54) is 11.2 Å². The van der Waals surface area contributed by atoms with E-state index >= 15 is 0 Å². The summed E-state index contributed by atoms with van der Waals surface area (Å²) in [7, 11) is 0. The van der Waals surface area contributed by atoms with E-state index < -0.39 is 12.0 Å². The fraction of sp³-hybridized carbons (Fsp3) is 0.583. The molecule has 2 unspecified atom stereocenters. The molecular formula is C12H17N3O4. The lowest BCUT2D eigenvalue weighted by molar-refractivity contribution is -0.143. The molecule has 104 valence electrons. The zero-order valence-electron chi connectivity index (χ0n) is 10.7. The Morgan fingerprint density at radius 1 is 1.63 bits per heavy atom. The molecule has 2 atom stereocenters. The van der Waals surface area contributed by atoms with Crippen molar-refractivity contribution < 1.29 is 19.2 Å². The quantitative estimate of drug-likeness (QED) is 0.854. The molecule has 1 aromatic rings. The van der Waals surface area contributed by atoms with Gasteiger partial charge in [0.05, 0.1) is 6.54 Å². The minimum absolute atomic E-state index is 0.230. The molecule has 1 saturated heterocycles. The first-order chi connectivity index (χ1) is 9.08. The molecule has 0 spiro atoms. The Morgan fingerprint density at radius 2 is 2.42 bits per heavy atom. The summed E-state index contributed by atoms with van der Waals surface area (Å²) < 4.78 is 4.66. The number of piperidine rings is 1. The molecule has 2 amide bonds. The van der Waals surface area contributed by atoms with E-state index in [0.29, 0.717) is 24.6 Å². The van der Waals surface area contributed by atoms with Gasteiger partial charge in [0.1, 0.15) is 18.0 Å². The number of aromatic nitrogens is 1. The van der Waals surface area contributed by atoms with Gasteiger partial charge in [-0.05, 0) is 18.8 Å². The molecular weight excluding hydrogens is 250 g/mol. The second-order valence-electron chi connectivity index (χ2n) is 4.83. The van der Waals surface area contributed by atoms with Crippen molar-refractivity contribution in [1.82, 2.24) is 15.4 Å². The number of nitrogens with zero attached hydrogens (tertiary/aromatic N) is 2. The van der Waals surface area contributed by atoms with Gasteiger partial charge in [-0.15, -0.1) is 0 Å². The Balaban J connectivity index is 1.94. The van der Waals surface area contributed by atoms with Crippen molar-refractivity contribution in [3.05, 3.63) is 18.0 Å². The van der Waals surface area contributed by atoms with E-state index in [4.69, 9.17) is 0 Å². The average molecular weight is 267 g/mol. The van der Waals surface area contributed by atoms with Gasteiger partial charge < -0.3 is 19.8 Å². The van der Waals surface area contributed by atoms with Crippen LogP contribution in [0.15, 0.2) is 16.9 Å². The van der Waals surface area contributed by atoms with E-state index in [2.05, 4.69) is 15.0 Å². The number of urea groups is 1. The molecule has 0 aliphatic carbocycles. The molecule has 2 heterocycles. The largest absolute Gasteiger partial charge is 0.480 e. The Hall–Kier alpha value is -2.05. The van der Waals surface area contributed by atoms with Gasteiger partial charge in [0.2, 0.25) is 0 Å². The summed E-state index contributed by atoms with van der Waals surface area (Å²) in [5.41, 5.74) is 0.602. The smallest absolute Gasteiger partial charge is 0.326 e. The van der Waals surface area contributed by atoms with E-state index in [-0.39, 0.29) is 12.6 Å². The van der Waals surface area contributed by atoms with Crippen molar-refractivity contribution in [2.75, 3.05) is 6.54 Å². The van der Waals surface area contributed by atoms with Crippen LogP contribution in [0, 0.1) is 5.92 Å². The van der Waals surface area contributed by atoms with E-state index in [1.807, 2.05) is 6.92 Å². The molecule has 2 rings (SSSR count). The summed E-state index contributed by atoms with van der Waals surface area (Å²) in [6.45, 7) is 2.69. The standard InChI is InChI=1S/C12H17N3O4/c1-8-2-4-15(10(6-8)11(16)17)12(18)13-7-9-3-5-19-14-9/h3,5,8,10H,2,4,6-7H2,1H3,(H,13,18)(H,16,17). The van der Waals surface area contributed by atoms with Crippen molar-refractivity contribution in [2.24, 2.45) is 5.92 Å². The monoisotopic (exact) mass is 267 g/mol. The number of likely N-dealkylation sites (tertiary alicyclic amines) is 1. The Bertz CT molecular complexity index is 446. The van der Waals surface area contributed by atoms with Crippen molar-refractivity contribution in [3.8, 4) is 0 Å². The second kappa shape index (κ2) is 5.73. The Labute approximate surface area is 110 Å². The molecule has 7 heteroatoms. The number of amides is 2. The van der Waals surface area contributed by atoms with Gasteiger partial charge in [0, 0.05) is 12.6 Å². The number of carboxylic acids is 1. The molecule has 0 bridgehead atoms. The van der Waals surface area contributed by atoms with Crippen LogP contribution in [0.1, 0.15) is 25.5 Å². The highest BCUT2D eigenvalue weighted by Crippen LogP contribution is 2.22. The molecule has 1 fully saturated rings. The van der Waals surface area contributed by atoms with Gasteiger partial charge in [-0.25, -0.2) is 9.59 Å². The highest BCUT2D eigenvalue weighted by atomic mass is 16.5. The third-order valence-electron chi connectivity index (χ3n) is 3.32. The maximum atomic E-state index is 12.0. The van der Waals surface area contributed by atoms with Crippen LogP contribution < -0.4 is 5.32 Å². The first-order valence-electron chi connectivity index (χ1n) is 6.24. The zero-order chi connectivity index (χ0) is 13.8. The molecule has 0 saturated carbocycles. The highest BCUT2D eigenvalue weighted by Gasteiger charge is 2.34. The Morgan fingerprint density at radius 3 is 3.05 bits per heavy atom. The first-order valence-corrected chi connectivity index (χ1v) is 6.24. The van der Waals surface area contributed by atoms with Crippen molar-refractivity contribution in [2.45, 2.75) is 32.4 Å². The molecule has 19 heavy (non-hydrogen) atoms. The molecule has 1 aromatic heterocycles. The van der Waals surface area contributed by atoms with Crippen LogP contribution in [0.4, 0.5) is 4.79 Å². The summed E-state index contributed by atoms with van der Waals surface area (Å²) in [6, 6.07) is 0.524. The highest BCUT2D eigenvalue weighted by molar-refractivity contribution is 5.82. The van der Waals surface area contributed by atoms with Crippen LogP contribution in [-0.2, 0) is 11.3 Å². The van der Waals surface area contributed by atoms with Gasteiger partial charge in [0.25, 0.3) is 0 Å². The third-order valence-corrected chi connectivity index (χ3v) is 3.32. The number of nitrogens with one attached hydrogen (secondary N) is 1. The summed E-state index contributed by atoms with van der Waals surface area (Å²) in [5.74, 6) is -0.635. The maximum absolute atomic E-state index is 12.0. The number of hydrogen-bond donors (Lipinski definition) is 2. The van der Waals surface area contributed by atoms with Gasteiger partial charge in [-0.1, -0.05) is 12.1 Å².